The molecule has 1 unspecified atom stereocenters. The molecule has 0 saturated heterocycles. The highest BCUT2D eigenvalue weighted by Gasteiger charge is 2.19. The van der Waals surface area contributed by atoms with Crippen LogP contribution in [0.3, 0.4) is 0 Å². The van der Waals surface area contributed by atoms with Crippen molar-refractivity contribution in [2.75, 3.05) is 0 Å². The number of carboxylic acids is 1. The van der Waals surface area contributed by atoms with Crippen molar-refractivity contribution in [3.05, 3.63) is 0 Å². The summed E-state index contributed by atoms with van der Waals surface area (Å²) in [5.74, 6) is 1.95. The van der Waals surface area contributed by atoms with Crippen LogP contribution in [0.4, 0.5) is 0 Å². The highest BCUT2D eigenvalue weighted by atomic mass is 16.4. The van der Waals surface area contributed by atoms with Gasteiger partial charge in [0.05, 0.1) is 0 Å². The molecule has 0 aliphatic heterocycles. The van der Waals surface area contributed by atoms with Gasteiger partial charge in [-0.25, -0.2) is 4.79 Å². The number of aliphatic carboxylic acids is 1. The fourth-order valence-electron chi connectivity index (χ4n) is 0.852. The van der Waals surface area contributed by atoms with Gasteiger partial charge in [0, 0.05) is 6.42 Å². The Labute approximate surface area is 86.8 Å². The molecule has 15 heavy (non-hydrogen) atoms. The highest BCUT2D eigenvalue weighted by Crippen LogP contribution is 1.96. The molecule has 0 heterocycles. The van der Waals surface area contributed by atoms with Crippen molar-refractivity contribution in [2.45, 2.75) is 25.8 Å². The van der Waals surface area contributed by atoms with E-state index in [-0.39, 0.29) is 12.8 Å². The van der Waals surface area contributed by atoms with E-state index in [1.165, 1.54) is 6.92 Å². The standard InChI is InChI=1S/C9H12N2O4/c1-2-3-8(13)11-6(9(14)15)4-5-7(10)12/h6H,4-5H2,1H3,(H2,10,12)(H,11,13)(H,14,15). The smallest absolute Gasteiger partial charge is 0.326 e. The summed E-state index contributed by atoms with van der Waals surface area (Å²) in [6.07, 6.45) is -0.140. The van der Waals surface area contributed by atoms with Gasteiger partial charge in [0.25, 0.3) is 5.91 Å². The molecule has 0 radical (unpaired) electrons. The molecule has 2 amide bonds. The van der Waals surface area contributed by atoms with Crippen LogP contribution in [0.1, 0.15) is 19.8 Å². The Kier molecular flexibility index (Phi) is 5.56. The topological polar surface area (TPSA) is 109 Å². The number of hydrogen-bond donors (Lipinski definition) is 3. The van der Waals surface area contributed by atoms with E-state index in [1.54, 1.807) is 0 Å². The predicted molar refractivity (Wildman–Crippen MR) is 51.4 cm³/mol. The van der Waals surface area contributed by atoms with Gasteiger partial charge in [0.15, 0.2) is 0 Å². The van der Waals surface area contributed by atoms with Crippen LogP contribution in [0, 0.1) is 11.8 Å². The van der Waals surface area contributed by atoms with Gasteiger partial charge in [0.2, 0.25) is 5.91 Å². The summed E-state index contributed by atoms with van der Waals surface area (Å²) in [7, 11) is 0. The van der Waals surface area contributed by atoms with Crippen LogP contribution in [0.15, 0.2) is 0 Å². The zero-order chi connectivity index (χ0) is 11.8. The summed E-state index contributed by atoms with van der Waals surface area (Å²) in [6.45, 7) is 1.46. The number of rotatable bonds is 5. The molecule has 0 spiro atoms. The second-order valence-electron chi connectivity index (χ2n) is 2.74. The Morgan fingerprint density at radius 2 is 2.07 bits per heavy atom. The third-order valence-corrected chi connectivity index (χ3v) is 1.52. The maximum absolute atomic E-state index is 10.9. The van der Waals surface area contributed by atoms with Crippen molar-refractivity contribution in [1.29, 1.82) is 0 Å². The first-order valence-corrected chi connectivity index (χ1v) is 4.21. The van der Waals surface area contributed by atoms with E-state index in [1.807, 2.05) is 0 Å². The van der Waals surface area contributed by atoms with Crippen molar-refractivity contribution < 1.29 is 19.5 Å². The quantitative estimate of drug-likeness (QED) is 0.499. The van der Waals surface area contributed by atoms with E-state index >= 15 is 0 Å². The maximum Gasteiger partial charge on any atom is 0.326 e. The Balaban J connectivity index is 4.26. The molecule has 0 aromatic carbocycles. The minimum absolute atomic E-state index is 0.0399. The minimum atomic E-state index is -1.22. The molecule has 82 valence electrons. The Hall–Kier alpha value is -2.03. The van der Waals surface area contributed by atoms with Crippen LogP contribution < -0.4 is 11.1 Å². The highest BCUT2D eigenvalue weighted by molar-refractivity contribution is 5.96. The molecule has 6 nitrogen and oxygen atoms in total. The summed E-state index contributed by atoms with van der Waals surface area (Å²) < 4.78 is 0. The van der Waals surface area contributed by atoms with Crippen molar-refractivity contribution in [1.82, 2.24) is 5.32 Å². The fourth-order valence-corrected chi connectivity index (χ4v) is 0.852. The lowest BCUT2D eigenvalue weighted by Gasteiger charge is -2.10. The number of carbonyl (C=O) groups excluding carboxylic acids is 2. The Bertz CT molecular complexity index is 327. The Morgan fingerprint density at radius 3 is 2.47 bits per heavy atom. The molecule has 0 aromatic rings. The molecule has 0 aliphatic rings. The molecule has 0 aliphatic carbocycles. The largest absolute Gasteiger partial charge is 0.480 e. The zero-order valence-electron chi connectivity index (χ0n) is 8.24. The molecular formula is C9H12N2O4. The second kappa shape index (κ2) is 6.43. The van der Waals surface area contributed by atoms with Gasteiger partial charge in [-0.1, -0.05) is 5.92 Å². The summed E-state index contributed by atoms with van der Waals surface area (Å²) in [5.41, 5.74) is 4.86. The van der Waals surface area contributed by atoms with E-state index in [0.29, 0.717) is 0 Å². The number of amides is 2. The average Bonchev–Trinajstić information content (AvgIpc) is 2.11. The number of hydrogen-bond acceptors (Lipinski definition) is 3. The van der Waals surface area contributed by atoms with Crippen molar-refractivity contribution in [2.24, 2.45) is 5.73 Å². The normalized spacial score (nSPS) is 10.7. The summed E-state index contributed by atoms with van der Waals surface area (Å²) >= 11 is 0. The first-order chi connectivity index (χ1) is 6.97. The van der Waals surface area contributed by atoms with Gasteiger partial charge < -0.3 is 16.2 Å². The van der Waals surface area contributed by atoms with Crippen molar-refractivity contribution in [3.8, 4) is 11.8 Å². The summed E-state index contributed by atoms with van der Waals surface area (Å²) in [6, 6.07) is -1.13. The fraction of sp³-hybridized carbons (Fsp3) is 0.444. The lowest BCUT2D eigenvalue weighted by Crippen LogP contribution is -2.40. The van der Waals surface area contributed by atoms with Crippen LogP contribution in [0.25, 0.3) is 0 Å². The summed E-state index contributed by atoms with van der Waals surface area (Å²) in [4.78, 5) is 32.0. The van der Waals surface area contributed by atoms with E-state index < -0.39 is 23.8 Å². The minimum Gasteiger partial charge on any atom is -0.480 e. The van der Waals surface area contributed by atoms with E-state index in [9.17, 15) is 14.4 Å². The number of nitrogens with two attached hydrogens (primary N) is 1. The van der Waals surface area contributed by atoms with Crippen molar-refractivity contribution >= 4 is 17.8 Å². The number of carboxylic acid groups (broad SMARTS) is 1. The number of nitrogens with one attached hydrogen (secondary N) is 1. The van der Waals surface area contributed by atoms with Gasteiger partial charge in [-0.3, -0.25) is 9.59 Å². The zero-order valence-corrected chi connectivity index (χ0v) is 8.24. The lowest BCUT2D eigenvalue weighted by molar-refractivity contribution is -0.141. The molecule has 0 aromatic heterocycles. The average molecular weight is 212 g/mol. The lowest BCUT2D eigenvalue weighted by atomic mass is 10.1. The predicted octanol–water partition coefficient (Wildman–Crippen LogP) is -1.16. The first-order valence-electron chi connectivity index (χ1n) is 4.21. The Morgan fingerprint density at radius 1 is 1.47 bits per heavy atom. The van der Waals surface area contributed by atoms with Gasteiger partial charge in [-0.15, -0.1) is 0 Å². The summed E-state index contributed by atoms with van der Waals surface area (Å²) in [5, 5.41) is 10.8. The molecule has 4 N–H and O–H groups in total. The van der Waals surface area contributed by atoms with E-state index in [4.69, 9.17) is 10.8 Å². The van der Waals surface area contributed by atoms with Crippen molar-refractivity contribution in [3.63, 3.8) is 0 Å². The van der Waals surface area contributed by atoms with Crippen LogP contribution >= 0.6 is 0 Å². The monoisotopic (exact) mass is 212 g/mol. The van der Waals surface area contributed by atoms with Crippen LogP contribution in [0.5, 0.6) is 0 Å². The molecule has 1 atom stereocenters. The van der Waals surface area contributed by atoms with Gasteiger partial charge in [0.1, 0.15) is 6.04 Å². The third-order valence-electron chi connectivity index (χ3n) is 1.52. The number of carbonyl (C=O) groups is 3. The van der Waals surface area contributed by atoms with Gasteiger partial charge >= 0.3 is 5.97 Å². The van der Waals surface area contributed by atoms with Crippen LogP contribution in [-0.2, 0) is 14.4 Å². The number of primary amides is 1. The van der Waals surface area contributed by atoms with Crippen LogP contribution in [0.2, 0.25) is 0 Å². The molecule has 0 bridgehead atoms. The molecule has 0 fully saturated rings. The van der Waals surface area contributed by atoms with E-state index in [2.05, 4.69) is 17.2 Å². The van der Waals surface area contributed by atoms with E-state index in [0.717, 1.165) is 0 Å². The molecule has 0 rings (SSSR count). The SMILES string of the molecule is CC#CC(=O)NC(CCC(N)=O)C(=O)O. The van der Waals surface area contributed by atoms with Gasteiger partial charge in [-0.05, 0) is 19.3 Å². The molecular weight excluding hydrogens is 200 g/mol. The van der Waals surface area contributed by atoms with Gasteiger partial charge in [-0.2, -0.15) is 0 Å². The third kappa shape index (κ3) is 6.10. The first kappa shape index (κ1) is 13.0. The van der Waals surface area contributed by atoms with Crippen LogP contribution in [-0.4, -0.2) is 28.9 Å². The second-order valence-corrected chi connectivity index (χ2v) is 2.74. The maximum atomic E-state index is 10.9. The molecule has 6 heteroatoms. The molecule has 0 saturated carbocycles.